The third-order valence-electron chi connectivity index (χ3n) is 15.1. The molecule has 0 aromatic heterocycles. The molecule has 3 radical (unpaired) electrons. The number of allylic oxidation sites excluding steroid dienone is 1. The van der Waals surface area contributed by atoms with Crippen LogP contribution in [0.5, 0.6) is 0 Å². The molecule has 24 nitrogen and oxygen atoms in total. The zero-order valence-corrected chi connectivity index (χ0v) is 71.3. The largest absolute Gasteiger partial charge is 0.480 e. The molecule has 103 heavy (non-hydrogen) atoms. The summed E-state index contributed by atoms with van der Waals surface area (Å²) in [6.07, 6.45) is 20.8. The van der Waals surface area contributed by atoms with Crippen molar-refractivity contribution in [2.45, 2.75) is 209 Å². The molecule has 5 saturated heterocycles. The smallest absolute Gasteiger partial charge is 0.329 e. The van der Waals surface area contributed by atoms with Gasteiger partial charge in [0, 0.05) is 237 Å². The predicted molar refractivity (Wildman–Crippen MR) is 426 cm³/mol. The number of alkyl halides is 2. The fourth-order valence-corrected chi connectivity index (χ4v) is 8.75. The number of nitrogens with one attached hydrogen (secondary N) is 3. The second kappa shape index (κ2) is 102. The van der Waals surface area contributed by atoms with E-state index in [0.717, 1.165) is 176 Å². The Balaban J connectivity index is -0.0000000723. The Morgan fingerprint density at radius 3 is 1.63 bits per heavy atom. The number of halogens is 5. The molecule has 5 fully saturated rings. The average molecular weight is 1740 g/mol. The van der Waals surface area contributed by atoms with E-state index < -0.39 is 11.2 Å². The van der Waals surface area contributed by atoms with E-state index in [9.17, 15) is 29.1 Å². The van der Waals surface area contributed by atoms with Crippen LogP contribution in [0.4, 0.5) is 4.70 Å². The molecule has 0 bridgehead atoms. The van der Waals surface area contributed by atoms with Crippen LogP contribution in [0.2, 0.25) is 0 Å². The van der Waals surface area contributed by atoms with Gasteiger partial charge in [-0.15, -0.1) is 47.2 Å². The fourth-order valence-electron chi connectivity index (χ4n) is 8.55. The van der Waals surface area contributed by atoms with Crippen LogP contribution in [0.3, 0.4) is 0 Å². The molecule has 3 amide bonds. The van der Waals surface area contributed by atoms with Gasteiger partial charge in [-0.2, -0.15) is 0 Å². The minimum absolute atomic E-state index is 0. The minimum Gasteiger partial charge on any atom is -0.480 e. The number of carbonyl (C=O) groups excluding carboxylic acids is 4. The molecule has 7 atom stereocenters. The average Bonchev–Trinajstić information content (AvgIpc) is 1.77. The Morgan fingerprint density at radius 2 is 1.17 bits per heavy atom. The number of ether oxygens (including phenoxy) is 8. The molecule has 0 saturated carbocycles. The topological polar surface area (TPSA) is 272 Å². The van der Waals surface area contributed by atoms with Crippen molar-refractivity contribution in [3.05, 3.63) is 12.2 Å². The van der Waals surface area contributed by atoms with E-state index in [-0.39, 0.29) is 240 Å². The zero-order chi connectivity index (χ0) is 72.9. The molecular weight excluding hydrogens is 1590 g/mol. The van der Waals surface area contributed by atoms with Gasteiger partial charge in [-0.25, -0.2) is 4.79 Å². The molecule has 6 N–H and O–H groups in total. The number of carboxylic acids is 1. The fraction of sp³-hybridized carbons (Fsp3) is 0.900. The number of carboxylic acid groups (broad SMARTS) is 1. The number of hydrogen-bond donors (Lipinski definition) is 6. The van der Waals surface area contributed by atoms with Crippen LogP contribution in [0.15, 0.2) is 12.2 Å². The standard InChI is InChI=1S/C10H19NO3.C10H21NO2.C8H16ClNO2.C8H15NO2.C8H17NO.C7H15NO.C6H15NO.C6H13N.C3H6O3.C2H2Cl2O.2CH4.3Ar.B.FH.HI.H2/c1-3-9-7-11(5-4-6-14-9)10(12)8-13-2;1-3-10-9-11(6-8-12-2)5-4-7-13-10;1-3-7(11)4-5-10(2)8(12)6-9;1-3-7-4-5-9(2)8(10)6-11-7;1-3-8-4-5-9(2)6-7-10-8;1-2-7-3-4-8-5-6-9-7;1-3-6(8)4-5-7-2;1-3-4-5-6-7-2;1-6-2-3(4)5;3-1-2(4)5;;;;;;;;;/h9H,3-8H2,1-2H3;10H,3-9H2,1-2H3;7,11H,3-6H2,1-2H3;7H,3-6H2,1-2H3;8H,3-7H2,1-2H3;7-8H,2-6H2,1H3;6-8H,3-5H2,1-2H3;3-4,7H,5-6H2,1-2H3;2H2,1H3,(H,4,5);1H2;2*1H4;;;;;3*1H/b;;;;;;;4-3+;;;;;;;;;;;/i;;;;;;;;;;;;;;;;;;1+1. The SMILES string of the molecule is C.C.C/C=C/CCNC.CCC(O)CCN(C)C(=O)CCl.CCC(O)CCNC.CCC1CCN(C)C(=O)CO1.CCC1CCN(C)CCO1.CCC1CCNCCO1.CCC1CN(C(=O)COC)CCCO1.CCC1CN(CCOC)CCCO1.COCC(=O)O.F.I.O=C(Cl)CCl.[2HH].[Ar].[Ar].[Ar].[B]. The van der Waals surface area contributed by atoms with E-state index in [2.05, 4.69) is 84.3 Å². The second-order valence-corrected chi connectivity index (χ2v) is 23.9. The number of hydrogen-bond acceptors (Lipinski definition) is 20. The molecular formula is C70H151Ar3BCl3FIN8O16. The van der Waals surface area contributed by atoms with Crippen molar-refractivity contribution in [2.75, 3.05) is 206 Å². The summed E-state index contributed by atoms with van der Waals surface area (Å²) in [5.41, 5.74) is 0. The summed E-state index contributed by atoms with van der Waals surface area (Å²) < 4.78 is 41.8. The molecule has 33 heteroatoms. The second-order valence-electron chi connectivity index (χ2n) is 23.0. The van der Waals surface area contributed by atoms with Gasteiger partial charge in [-0.3, -0.25) is 28.8 Å². The van der Waals surface area contributed by atoms with Crippen LogP contribution < -0.4 is 16.0 Å². The summed E-state index contributed by atoms with van der Waals surface area (Å²) in [6.45, 7) is 33.8. The third-order valence-corrected chi connectivity index (χ3v) is 15.8. The van der Waals surface area contributed by atoms with Gasteiger partial charge in [0.05, 0.1) is 68.4 Å². The molecule has 629 valence electrons. The molecule has 5 rings (SSSR count). The molecule has 0 aliphatic carbocycles. The molecule has 5 aliphatic heterocycles. The van der Waals surface area contributed by atoms with Crippen molar-refractivity contribution in [3.63, 3.8) is 0 Å². The van der Waals surface area contributed by atoms with E-state index in [4.69, 9.17) is 78.2 Å². The van der Waals surface area contributed by atoms with Crippen LogP contribution in [-0.4, -0.2) is 326 Å². The number of aliphatic hydroxyl groups is 2. The van der Waals surface area contributed by atoms with Gasteiger partial charge in [0.25, 0.3) is 0 Å². The van der Waals surface area contributed by atoms with E-state index in [0.29, 0.717) is 37.8 Å². The van der Waals surface area contributed by atoms with Crippen LogP contribution in [0, 0.1) is 113 Å². The molecule has 0 aromatic carbocycles. The van der Waals surface area contributed by atoms with Gasteiger partial charge < -0.3 is 88.8 Å². The summed E-state index contributed by atoms with van der Waals surface area (Å²) in [5.74, 6) is -0.949. The van der Waals surface area contributed by atoms with E-state index in [1.54, 1.807) is 26.2 Å². The number of aliphatic hydroxyl groups excluding tert-OH is 2. The first-order chi connectivity index (χ1) is 45.5. The summed E-state index contributed by atoms with van der Waals surface area (Å²) in [5, 5.41) is 34.7. The van der Waals surface area contributed by atoms with Crippen molar-refractivity contribution < 1.29 is 197 Å². The van der Waals surface area contributed by atoms with Gasteiger partial charge in [-0.05, 0) is 156 Å². The van der Waals surface area contributed by atoms with Gasteiger partial charge in [0.15, 0.2) is 0 Å². The van der Waals surface area contributed by atoms with Gasteiger partial charge in [0.2, 0.25) is 23.0 Å². The maximum absolute atomic E-state index is 11.6. The Kier molecular flexibility index (Phi) is 133. The van der Waals surface area contributed by atoms with Crippen molar-refractivity contribution >= 4 is 96.1 Å². The van der Waals surface area contributed by atoms with Crippen molar-refractivity contribution in [2.24, 2.45) is 0 Å². The van der Waals surface area contributed by atoms with Crippen LogP contribution in [0.1, 0.15) is 168 Å². The van der Waals surface area contributed by atoms with Crippen LogP contribution >= 0.6 is 58.8 Å². The minimum atomic E-state index is -0.933. The number of likely N-dealkylation sites (N-methyl/N-ethyl adjacent to an activating group) is 2. The Labute approximate surface area is 752 Å². The summed E-state index contributed by atoms with van der Waals surface area (Å²) in [6, 6.07) is 0. The van der Waals surface area contributed by atoms with Gasteiger partial charge >= 0.3 is 5.97 Å². The number of amides is 3. The maximum atomic E-state index is 11.6. The van der Waals surface area contributed by atoms with Crippen molar-refractivity contribution in [1.29, 1.82) is 0 Å². The van der Waals surface area contributed by atoms with Crippen molar-refractivity contribution in [3.8, 4) is 0 Å². The van der Waals surface area contributed by atoms with Crippen LogP contribution in [0.25, 0.3) is 0 Å². The number of nitrogens with zero attached hydrogens (tertiary/aromatic N) is 5. The first-order valence-corrected chi connectivity index (χ1v) is 36.2. The number of carbonyl (C=O) groups is 5. The first-order valence-electron chi connectivity index (χ1n) is 34.7. The predicted octanol–water partition coefficient (Wildman–Crippen LogP) is 9.33. The monoisotopic (exact) mass is 1740 g/mol. The summed E-state index contributed by atoms with van der Waals surface area (Å²) in [7, 11) is 14.2. The maximum Gasteiger partial charge on any atom is 0.329 e. The van der Waals surface area contributed by atoms with Gasteiger partial charge in [-0.1, -0.05) is 75.5 Å². The Hall–Kier alpha value is 2.06. The molecule has 7 unspecified atom stereocenters. The number of methoxy groups -OCH3 is 3. The normalized spacial score (nSPS) is 18.9. The first kappa shape index (κ1) is 134. The summed E-state index contributed by atoms with van der Waals surface area (Å²) >= 11 is 14.9. The van der Waals surface area contributed by atoms with Crippen LogP contribution in [-0.2, 0) is 61.9 Å². The number of aliphatic carboxylic acids is 1. The third kappa shape index (κ3) is 94.6. The van der Waals surface area contributed by atoms with E-state index in [1.807, 2.05) is 46.8 Å². The van der Waals surface area contributed by atoms with E-state index >= 15 is 0 Å². The Bertz CT molecular complexity index is 1800. The molecule has 5 heterocycles. The van der Waals surface area contributed by atoms with Gasteiger partial charge in [0.1, 0.15) is 25.7 Å². The zero-order valence-electron chi connectivity index (χ0n) is 64.5. The van der Waals surface area contributed by atoms with E-state index in [1.165, 1.54) is 31.4 Å². The number of rotatable bonds is 25. The Morgan fingerprint density at radius 1 is 0.680 bits per heavy atom. The summed E-state index contributed by atoms with van der Waals surface area (Å²) in [4.78, 5) is 62.3. The molecule has 5 aliphatic rings. The molecule has 0 spiro atoms. The molecule has 0 aromatic rings. The quantitative estimate of drug-likeness (QED) is 0.0124. The van der Waals surface area contributed by atoms with Crippen molar-refractivity contribution in [1.82, 2.24) is 40.4 Å².